The molecular weight excluding hydrogens is 268 g/mol. The van der Waals surface area contributed by atoms with Gasteiger partial charge in [0.1, 0.15) is 0 Å². The molecule has 3 rings (SSSR count). The van der Waals surface area contributed by atoms with E-state index in [9.17, 15) is 9.59 Å². The molecule has 1 saturated heterocycles. The first-order chi connectivity index (χ1) is 10.1. The molecule has 0 N–H and O–H groups in total. The van der Waals surface area contributed by atoms with Gasteiger partial charge in [-0.15, -0.1) is 0 Å². The third-order valence-corrected chi connectivity index (χ3v) is 4.66. The average Bonchev–Trinajstić information content (AvgIpc) is 2.92. The highest BCUT2D eigenvalue weighted by Crippen LogP contribution is 2.44. The molecule has 0 radical (unpaired) electrons. The number of ether oxygens (including phenoxy) is 2. The van der Waals surface area contributed by atoms with Crippen molar-refractivity contribution in [3.8, 4) is 0 Å². The van der Waals surface area contributed by atoms with Crippen molar-refractivity contribution in [3.05, 3.63) is 35.9 Å². The molecule has 2 aliphatic rings. The van der Waals surface area contributed by atoms with Crippen LogP contribution < -0.4 is 0 Å². The van der Waals surface area contributed by atoms with Crippen molar-refractivity contribution in [2.45, 2.75) is 51.2 Å². The summed E-state index contributed by atoms with van der Waals surface area (Å²) < 4.78 is 11.2. The molecule has 4 heteroatoms. The first-order valence-corrected chi connectivity index (χ1v) is 7.61. The summed E-state index contributed by atoms with van der Waals surface area (Å²) in [5.41, 5.74) is -0.259. The Morgan fingerprint density at radius 2 is 1.57 bits per heavy atom. The highest BCUT2D eigenvalue weighted by Gasteiger charge is 2.58. The van der Waals surface area contributed by atoms with Crippen molar-refractivity contribution in [2.75, 3.05) is 0 Å². The van der Waals surface area contributed by atoms with E-state index in [1.165, 1.54) is 0 Å². The zero-order chi connectivity index (χ0) is 14.9. The highest BCUT2D eigenvalue weighted by atomic mass is 16.7. The maximum atomic E-state index is 12.6. The van der Waals surface area contributed by atoms with Gasteiger partial charge >= 0.3 is 11.9 Å². The number of esters is 2. The second-order valence-corrected chi connectivity index (χ2v) is 5.99. The molecule has 0 aromatic heterocycles. The van der Waals surface area contributed by atoms with Gasteiger partial charge in [0.2, 0.25) is 0 Å². The number of hydrogen-bond donors (Lipinski definition) is 0. The van der Waals surface area contributed by atoms with Gasteiger partial charge in [-0.25, -0.2) is 0 Å². The van der Waals surface area contributed by atoms with Crippen LogP contribution in [0.1, 0.15) is 44.6 Å². The lowest BCUT2D eigenvalue weighted by molar-refractivity contribution is -0.260. The summed E-state index contributed by atoms with van der Waals surface area (Å²) in [6, 6.07) is 9.54. The van der Waals surface area contributed by atoms with Gasteiger partial charge in [0.05, 0.1) is 0 Å². The second-order valence-electron chi connectivity index (χ2n) is 5.99. The molecule has 4 nitrogen and oxygen atoms in total. The predicted octanol–water partition coefficient (Wildman–Crippen LogP) is 3.00. The van der Waals surface area contributed by atoms with E-state index in [0.717, 1.165) is 18.4 Å². The molecule has 0 amide bonds. The summed E-state index contributed by atoms with van der Waals surface area (Å²) in [4.78, 5) is 25.2. The Balaban J connectivity index is 1.88. The normalized spacial score (nSPS) is 22.9. The van der Waals surface area contributed by atoms with E-state index in [1.807, 2.05) is 37.3 Å². The molecule has 21 heavy (non-hydrogen) atoms. The largest absolute Gasteiger partial charge is 0.422 e. The van der Waals surface area contributed by atoms with Gasteiger partial charge in [0, 0.05) is 12.8 Å². The van der Waals surface area contributed by atoms with E-state index in [1.54, 1.807) is 0 Å². The van der Waals surface area contributed by atoms with Crippen LogP contribution in [-0.4, -0.2) is 17.7 Å². The third kappa shape index (κ3) is 2.33. The maximum absolute atomic E-state index is 12.6. The Labute approximate surface area is 124 Å². The Morgan fingerprint density at radius 3 is 2.10 bits per heavy atom. The Bertz CT molecular complexity index is 523. The fraction of sp³-hybridized carbons (Fsp3) is 0.529. The molecule has 0 unspecified atom stereocenters. The van der Waals surface area contributed by atoms with Crippen LogP contribution in [0, 0.1) is 5.41 Å². The number of carbonyl (C=O) groups excluding carboxylic acids is 2. The lowest BCUT2D eigenvalue weighted by Gasteiger charge is -2.41. The Hall–Kier alpha value is -1.84. The van der Waals surface area contributed by atoms with Gasteiger partial charge in [-0.3, -0.25) is 9.59 Å². The lowest BCUT2D eigenvalue weighted by Crippen LogP contribution is -2.55. The quantitative estimate of drug-likeness (QED) is 0.634. The minimum absolute atomic E-state index is 0.331. The molecule has 1 heterocycles. The number of carbonyl (C=O) groups is 2. The molecule has 2 fully saturated rings. The minimum atomic E-state index is -1.20. The van der Waals surface area contributed by atoms with Crippen LogP contribution >= 0.6 is 0 Å². The first-order valence-electron chi connectivity index (χ1n) is 7.61. The van der Waals surface area contributed by atoms with Gasteiger partial charge in [-0.1, -0.05) is 37.3 Å². The van der Waals surface area contributed by atoms with E-state index in [4.69, 9.17) is 9.47 Å². The topological polar surface area (TPSA) is 52.6 Å². The van der Waals surface area contributed by atoms with Crippen LogP contribution in [0.15, 0.2) is 30.3 Å². The molecular formula is C17H20O4. The fourth-order valence-corrected chi connectivity index (χ4v) is 3.26. The average molecular weight is 288 g/mol. The Morgan fingerprint density at radius 1 is 1.00 bits per heavy atom. The van der Waals surface area contributed by atoms with Crippen molar-refractivity contribution in [2.24, 2.45) is 5.41 Å². The highest BCUT2D eigenvalue weighted by molar-refractivity contribution is 6.02. The minimum Gasteiger partial charge on any atom is -0.422 e. The standard InChI is InChI=1S/C17H20O4/c1-2-16(12-13-8-4-3-5-9-13)14(18)20-17(21-15(16)19)10-6-7-11-17/h3-5,8-9H,2,6-7,10-12H2,1H3. The van der Waals surface area contributed by atoms with Crippen molar-refractivity contribution in [3.63, 3.8) is 0 Å². The molecule has 1 spiro atoms. The summed E-state index contributed by atoms with van der Waals surface area (Å²) in [5.74, 6) is -1.83. The van der Waals surface area contributed by atoms with Crippen LogP contribution in [0.3, 0.4) is 0 Å². The van der Waals surface area contributed by atoms with E-state index in [2.05, 4.69) is 0 Å². The lowest BCUT2D eigenvalue weighted by atomic mass is 9.78. The van der Waals surface area contributed by atoms with Crippen LogP contribution in [0.4, 0.5) is 0 Å². The van der Waals surface area contributed by atoms with Gasteiger partial charge in [0.15, 0.2) is 5.41 Å². The van der Waals surface area contributed by atoms with Gasteiger partial charge in [-0.2, -0.15) is 0 Å². The van der Waals surface area contributed by atoms with Gasteiger partial charge in [0.25, 0.3) is 5.79 Å². The van der Waals surface area contributed by atoms with E-state index in [0.29, 0.717) is 25.7 Å². The van der Waals surface area contributed by atoms with Crippen molar-refractivity contribution in [1.29, 1.82) is 0 Å². The van der Waals surface area contributed by atoms with Crippen LogP contribution in [0.25, 0.3) is 0 Å². The van der Waals surface area contributed by atoms with Crippen LogP contribution in [0.2, 0.25) is 0 Å². The summed E-state index contributed by atoms with van der Waals surface area (Å²) in [6.07, 6.45) is 3.82. The van der Waals surface area contributed by atoms with Crippen LogP contribution in [-0.2, 0) is 25.5 Å². The predicted molar refractivity (Wildman–Crippen MR) is 76.3 cm³/mol. The monoisotopic (exact) mass is 288 g/mol. The summed E-state index contributed by atoms with van der Waals surface area (Å²) in [6.45, 7) is 1.83. The van der Waals surface area contributed by atoms with Gasteiger partial charge < -0.3 is 9.47 Å². The molecule has 1 aromatic rings. The molecule has 1 aliphatic carbocycles. The smallest absolute Gasteiger partial charge is 0.327 e. The number of benzene rings is 1. The summed E-state index contributed by atoms with van der Waals surface area (Å²) in [5, 5.41) is 0. The van der Waals surface area contributed by atoms with E-state index >= 15 is 0 Å². The summed E-state index contributed by atoms with van der Waals surface area (Å²) in [7, 11) is 0. The number of hydrogen-bond acceptors (Lipinski definition) is 4. The molecule has 0 bridgehead atoms. The van der Waals surface area contributed by atoms with E-state index < -0.39 is 23.1 Å². The zero-order valence-corrected chi connectivity index (χ0v) is 12.3. The van der Waals surface area contributed by atoms with Gasteiger partial charge in [-0.05, 0) is 31.2 Å². The fourth-order valence-electron chi connectivity index (χ4n) is 3.26. The van der Waals surface area contributed by atoms with Crippen molar-refractivity contribution < 1.29 is 19.1 Å². The molecule has 1 saturated carbocycles. The molecule has 1 aliphatic heterocycles. The SMILES string of the molecule is CCC1(Cc2ccccc2)C(=O)OC2(CCCC2)OC1=O. The van der Waals surface area contributed by atoms with Crippen molar-refractivity contribution in [1.82, 2.24) is 0 Å². The molecule has 112 valence electrons. The second kappa shape index (κ2) is 5.17. The number of rotatable bonds is 3. The van der Waals surface area contributed by atoms with Crippen molar-refractivity contribution >= 4 is 11.9 Å². The molecule has 1 aromatic carbocycles. The Kier molecular flexibility index (Phi) is 3.47. The molecule has 0 atom stereocenters. The van der Waals surface area contributed by atoms with Crippen LogP contribution in [0.5, 0.6) is 0 Å². The first kappa shape index (κ1) is 14.1. The third-order valence-electron chi connectivity index (χ3n) is 4.66. The summed E-state index contributed by atoms with van der Waals surface area (Å²) >= 11 is 0. The van der Waals surface area contributed by atoms with E-state index in [-0.39, 0.29) is 0 Å². The maximum Gasteiger partial charge on any atom is 0.327 e. The zero-order valence-electron chi connectivity index (χ0n) is 12.3.